The molecule has 2 aromatic rings. The Balaban J connectivity index is 2.10. The lowest BCUT2D eigenvalue weighted by Gasteiger charge is -2.16. The maximum absolute atomic E-state index is 5.73. The summed E-state index contributed by atoms with van der Waals surface area (Å²) in [4.78, 5) is 5.63. The van der Waals surface area contributed by atoms with Gasteiger partial charge in [0.25, 0.3) is 0 Å². The highest BCUT2D eigenvalue weighted by atomic mass is 32.2. The van der Waals surface area contributed by atoms with Crippen LogP contribution in [0.3, 0.4) is 0 Å². The van der Waals surface area contributed by atoms with Crippen LogP contribution >= 0.6 is 11.8 Å². The molecular formula is C15H23N5S. The summed E-state index contributed by atoms with van der Waals surface area (Å²) in [6, 6.07) is 8.59. The Morgan fingerprint density at radius 1 is 1.29 bits per heavy atom. The lowest BCUT2D eigenvalue weighted by molar-refractivity contribution is 0.499. The van der Waals surface area contributed by atoms with Crippen molar-refractivity contribution in [2.45, 2.75) is 44.2 Å². The van der Waals surface area contributed by atoms with Gasteiger partial charge in [0.2, 0.25) is 0 Å². The number of nitrogens with one attached hydrogen (secondary N) is 1. The summed E-state index contributed by atoms with van der Waals surface area (Å²) < 4.78 is 1.95. The zero-order valence-electron chi connectivity index (χ0n) is 12.6. The molecule has 1 unspecified atom stereocenters. The molecule has 0 amide bonds. The quantitative estimate of drug-likeness (QED) is 0.445. The lowest BCUT2D eigenvalue weighted by atomic mass is 10.0. The summed E-state index contributed by atoms with van der Waals surface area (Å²) in [6.07, 6.45) is 3.39. The molecule has 0 fully saturated rings. The fourth-order valence-corrected chi connectivity index (χ4v) is 2.93. The van der Waals surface area contributed by atoms with Crippen LogP contribution in [0.1, 0.15) is 37.7 Å². The summed E-state index contributed by atoms with van der Waals surface area (Å²) in [7, 11) is 0. The molecule has 21 heavy (non-hydrogen) atoms. The average molecular weight is 305 g/mol. The van der Waals surface area contributed by atoms with Gasteiger partial charge < -0.3 is 0 Å². The lowest BCUT2D eigenvalue weighted by Crippen LogP contribution is -2.30. The van der Waals surface area contributed by atoms with Crippen molar-refractivity contribution in [2.24, 2.45) is 5.84 Å². The van der Waals surface area contributed by atoms with E-state index in [1.165, 1.54) is 10.5 Å². The number of hydrogen-bond donors (Lipinski definition) is 2. The van der Waals surface area contributed by atoms with E-state index in [-0.39, 0.29) is 6.04 Å². The maximum Gasteiger partial charge on any atom is 0.138 e. The second-order valence-corrected chi connectivity index (χ2v) is 6.16. The van der Waals surface area contributed by atoms with Crippen molar-refractivity contribution in [1.82, 2.24) is 20.2 Å². The Morgan fingerprint density at radius 2 is 2.05 bits per heavy atom. The molecule has 0 aliphatic carbocycles. The van der Waals surface area contributed by atoms with E-state index in [9.17, 15) is 0 Å². The van der Waals surface area contributed by atoms with Crippen molar-refractivity contribution < 1.29 is 0 Å². The summed E-state index contributed by atoms with van der Waals surface area (Å²) in [5.41, 5.74) is 4.06. The molecule has 1 aromatic heterocycles. The topological polar surface area (TPSA) is 68.8 Å². The van der Waals surface area contributed by atoms with Crippen molar-refractivity contribution >= 4 is 11.8 Å². The molecule has 0 aliphatic rings. The molecule has 0 radical (unpaired) electrons. The van der Waals surface area contributed by atoms with Gasteiger partial charge >= 0.3 is 0 Å². The molecular weight excluding hydrogens is 282 g/mol. The Labute approximate surface area is 130 Å². The van der Waals surface area contributed by atoms with E-state index < -0.39 is 0 Å². The standard InChI is InChI=1S/C15H23N5S/c1-3-9-20-15(17-11-18-20)10-14(19-16)12-5-7-13(8-6-12)21-4-2/h5-8,11,14,19H,3-4,9-10,16H2,1-2H3. The molecule has 0 saturated heterocycles. The highest BCUT2D eigenvalue weighted by Gasteiger charge is 2.14. The molecule has 1 heterocycles. The molecule has 3 N–H and O–H groups in total. The monoisotopic (exact) mass is 305 g/mol. The first kappa shape index (κ1) is 16.0. The molecule has 1 atom stereocenters. The summed E-state index contributed by atoms with van der Waals surface area (Å²) in [6.45, 7) is 5.18. The van der Waals surface area contributed by atoms with Gasteiger partial charge in [-0.1, -0.05) is 26.0 Å². The Bertz CT molecular complexity index is 537. The van der Waals surface area contributed by atoms with Crippen molar-refractivity contribution in [3.63, 3.8) is 0 Å². The van der Waals surface area contributed by atoms with Crippen LogP contribution in [-0.2, 0) is 13.0 Å². The number of thioether (sulfide) groups is 1. The number of nitrogens with zero attached hydrogens (tertiary/aromatic N) is 3. The number of aryl methyl sites for hydroxylation is 1. The summed E-state index contributed by atoms with van der Waals surface area (Å²) in [5.74, 6) is 7.78. The third kappa shape index (κ3) is 4.30. The first-order chi connectivity index (χ1) is 10.3. The van der Waals surface area contributed by atoms with Gasteiger partial charge in [0.15, 0.2) is 0 Å². The van der Waals surface area contributed by atoms with Crippen LogP contribution in [0.15, 0.2) is 35.5 Å². The number of hydrogen-bond acceptors (Lipinski definition) is 5. The molecule has 0 bridgehead atoms. The van der Waals surface area contributed by atoms with Crippen LogP contribution in [0.2, 0.25) is 0 Å². The first-order valence-electron chi connectivity index (χ1n) is 7.34. The van der Waals surface area contributed by atoms with Crippen LogP contribution in [-0.4, -0.2) is 20.5 Å². The third-order valence-corrected chi connectivity index (χ3v) is 4.21. The SMILES string of the molecule is CCCn1ncnc1CC(NN)c1ccc(SCC)cc1. The minimum atomic E-state index is 0.0467. The second kappa shape index (κ2) is 8.17. The van der Waals surface area contributed by atoms with Gasteiger partial charge in [-0.05, 0) is 29.9 Å². The van der Waals surface area contributed by atoms with Crippen molar-refractivity contribution in [2.75, 3.05) is 5.75 Å². The van der Waals surface area contributed by atoms with Gasteiger partial charge in [0.1, 0.15) is 12.2 Å². The summed E-state index contributed by atoms with van der Waals surface area (Å²) >= 11 is 1.84. The number of hydrazine groups is 1. The van der Waals surface area contributed by atoms with Crippen LogP contribution in [0, 0.1) is 0 Å². The Kier molecular flexibility index (Phi) is 6.22. The number of rotatable bonds is 8. The van der Waals surface area contributed by atoms with E-state index in [4.69, 9.17) is 5.84 Å². The van der Waals surface area contributed by atoms with E-state index in [1.54, 1.807) is 6.33 Å². The van der Waals surface area contributed by atoms with Crippen LogP contribution < -0.4 is 11.3 Å². The van der Waals surface area contributed by atoms with E-state index in [0.717, 1.165) is 31.0 Å². The molecule has 0 aliphatic heterocycles. The minimum absolute atomic E-state index is 0.0467. The number of benzene rings is 1. The van der Waals surface area contributed by atoms with Gasteiger partial charge in [-0.3, -0.25) is 16.0 Å². The van der Waals surface area contributed by atoms with Gasteiger partial charge in [-0.15, -0.1) is 11.8 Å². The third-order valence-electron chi connectivity index (χ3n) is 3.31. The van der Waals surface area contributed by atoms with Crippen molar-refractivity contribution in [1.29, 1.82) is 0 Å². The maximum atomic E-state index is 5.73. The zero-order chi connectivity index (χ0) is 15.1. The summed E-state index contributed by atoms with van der Waals surface area (Å²) in [5, 5.41) is 4.26. The van der Waals surface area contributed by atoms with E-state index in [1.807, 2.05) is 16.4 Å². The molecule has 6 heteroatoms. The highest BCUT2D eigenvalue weighted by molar-refractivity contribution is 7.99. The Morgan fingerprint density at radius 3 is 2.67 bits per heavy atom. The normalized spacial score (nSPS) is 12.5. The number of aromatic nitrogens is 3. The molecule has 1 aromatic carbocycles. The first-order valence-corrected chi connectivity index (χ1v) is 8.32. The smallest absolute Gasteiger partial charge is 0.138 e. The van der Waals surface area contributed by atoms with Gasteiger partial charge in [0, 0.05) is 17.9 Å². The van der Waals surface area contributed by atoms with Gasteiger partial charge in [-0.25, -0.2) is 4.98 Å². The van der Waals surface area contributed by atoms with E-state index in [0.29, 0.717) is 0 Å². The van der Waals surface area contributed by atoms with Gasteiger partial charge in [0.05, 0.1) is 6.04 Å². The number of nitrogens with two attached hydrogens (primary N) is 1. The molecule has 0 spiro atoms. The van der Waals surface area contributed by atoms with Gasteiger partial charge in [-0.2, -0.15) is 5.10 Å². The van der Waals surface area contributed by atoms with Crippen LogP contribution in [0.5, 0.6) is 0 Å². The van der Waals surface area contributed by atoms with Crippen LogP contribution in [0.4, 0.5) is 0 Å². The predicted octanol–water partition coefficient (Wildman–Crippen LogP) is 2.55. The zero-order valence-corrected chi connectivity index (χ0v) is 13.4. The largest absolute Gasteiger partial charge is 0.271 e. The molecule has 114 valence electrons. The average Bonchev–Trinajstić information content (AvgIpc) is 2.94. The fourth-order valence-electron chi connectivity index (χ4n) is 2.26. The van der Waals surface area contributed by atoms with E-state index in [2.05, 4.69) is 53.6 Å². The Hall–Kier alpha value is -1.37. The minimum Gasteiger partial charge on any atom is -0.271 e. The molecule has 0 saturated carbocycles. The van der Waals surface area contributed by atoms with Crippen molar-refractivity contribution in [3.05, 3.63) is 42.0 Å². The molecule has 2 rings (SSSR count). The van der Waals surface area contributed by atoms with Crippen molar-refractivity contribution in [3.8, 4) is 0 Å². The highest BCUT2D eigenvalue weighted by Crippen LogP contribution is 2.22. The predicted molar refractivity (Wildman–Crippen MR) is 86.9 cm³/mol. The fraction of sp³-hybridized carbons (Fsp3) is 0.467. The van der Waals surface area contributed by atoms with E-state index >= 15 is 0 Å². The second-order valence-electron chi connectivity index (χ2n) is 4.82. The molecule has 5 nitrogen and oxygen atoms in total. The van der Waals surface area contributed by atoms with Crippen LogP contribution in [0.25, 0.3) is 0 Å².